The fraction of sp³-hybridized carbons (Fsp3) is 0.462. The second-order valence-corrected chi connectivity index (χ2v) is 6.96. The molecule has 1 heterocycles. The lowest BCUT2D eigenvalue weighted by Gasteiger charge is -2.26. The van der Waals surface area contributed by atoms with Gasteiger partial charge in [0.25, 0.3) is 0 Å². The van der Waals surface area contributed by atoms with E-state index >= 15 is 0 Å². The summed E-state index contributed by atoms with van der Waals surface area (Å²) in [6.07, 6.45) is 2.84. The van der Waals surface area contributed by atoms with Gasteiger partial charge in [-0.15, -0.1) is 0 Å². The first-order valence-corrected chi connectivity index (χ1v) is 8.54. The summed E-state index contributed by atoms with van der Waals surface area (Å²) in [4.78, 5) is 0.235. The molecule has 0 radical (unpaired) electrons. The van der Waals surface area contributed by atoms with E-state index in [0.29, 0.717) is 30.1 Å². The quantitative estimate of drug-likeness (QED) is 0.799. The van der Waals surface area contributed by atoms with Crippen LogP contribution in [0.5, 0.6) is 5.75 Å². The molecule has 0 aromatic heterocycles. The minimum atomic E-state index is -3.56. The van der Waals surface area contributed by atoms with Gasteiger partial charge in [0.05, 0.1) is 12.8 Å². The van der Waals surface area contributed by atoms with Crippen molar-refractivity contribution in [3.8, 4) is 5.75 Å². The van der Waals surface area contributed by atoms with Crippen LogP contribution >= 0.6 is 12.2 Å². The Morgan fingerprint density at radius 2 is 2.00 bits per heavy atom. The molecule has 2 rings (SSSR count). The number of nitrogens with two attached hydrogens (primary N) is 1. The molecule has 0 unspecified atom stereocenters. The minimum absolute atomic E-state index is 0.235. The minimum Gasteiger partial charge on any atom is -0.495 e. The first-order chi connectivity index (χ1) is 9.94. The van der Waals surface area contributed by atoms with Crippen molar-refractivity contribution >= 4 is 33.1 Å². The molecule has 0 aliphatic carbocycles. The smallest absolute Gasteiger partial charge is 0.301 e. The number of hydrogen-bond acceptors (Lipinski definition) is 4. The van der Waals surface area contributed by atoms with Gasteiger partial charge in [-0.25, -0.2) is 0 Å². The Morgan fingerprint density at radius 3 is 2.57 bits per heavy atom. The van der Waals surface area contributed by atoms with Crippen LogP contribution in [0, 0.1) is 0 Å². The van der Waals surface area contributed by atoms with Gasteiger partial charge in [-0.1, -0.05) is 18.6 Å². The van der Waals surface area contributed by atoms with Crippen LogP contribution in [0.2, 0.25) is 0 Å². The standard InChI is InChI=1S/C13H19N3O3S2/c1-19-12-9-10(13(14)20)5-6-11(12)15-21(17,18)16-7-3-2-4-8-16/h5-6,9,15H,2-4,7-8H2,1H3,(H2,14,20). The van der Waals surface area contributed by atoms with Crippen LogP contribution in [0.4, 0.5) is 5.69 Å². The van der Waals surface area contributed by atoms with Gasteiger partial charge in [-0.3, -0.25) is 4.72 Å². The molecule has 1 saturated heterocycles. The number of methoxy groups -OCH3 is 1. The highest BCUT2D eigenvalue weighted by Gasteiger charge is 2.24. The highest BCUT2D eigenvalue weighted by Crippen LogP contribution is 2.27. The molecule has 116 valence electrons. The summed E-state index contributed by atoms with van der Waals surface area (Å²) in [5, 5.41) is 0. The highest BCUT2D eigenvalue weighted by atomic mass is 32.2. The van der Waals surface area contributed by atoms with Gasteiger partial charge in [0.15, 0.2) is 0 Å². The number of hydrogen-bond donors (Lipinski definition) is 2. The highest BCUT2D eigenvalue weighted by molar-refractivity contribution is 7.90. The van der Waals surface area contributed by atoms with Crippen molar-refractivity contribution in [3.05, 3.63) is 23.8 Å². The van der Waals surface area contributed by atoms with E-state index < -0.39 is 10.2 Å². The second kappa shape index (κ2) is 6.59. The van der Waals surface area contributed by atoms with Crippen molar-refractivity contribution < 1.29 is 13.2 Å². The van der Waals surface area contributed by atoms with E-state index in [9.17, 15) is 8.42 Å². The van der Waals surface area contributed by atoms with Gasteiger partial charge in [-0.05, 0) is 31.0 Å². The Balaban J connectivity index is 2.23. The van der Waals surface area contributed by atoms with Gasteiger partial charge >= 0.3 is 10.2 Å². The number of thiocarbonyl (C=S) groups is 1. The number of benzene rings is 1. The SMILES string of the molecule is COc1cc(C(N)=S)ccc1NS(=O)(=O)N1CCCCC1. The Labute approximate surface area is 130 Å². The summed E-state index contributed by atoms with van der Waals surface area (Å²) < 4.78 is 33.9. The van der Waals surface area contributed by atoms with Gasteiger partial charge in [0, 0.05) is 18.7 Å². The first-order valence-electron chi connectivity index (χ1n) is 6.70. The number of nitrogens with zero attached hydrogens (tertiary/aromatic N) is 1. The van der Waals surface area contributed by atoms with Crippen LogP contribution in [0.15, 0.2) is 18.2 Å². The van der Waals surface area contributed by atoms with Crippen LogP contribution in [-0.4, -0.2) is 37.9 Å². The third kappa shape index (κ3) is 3.84. The van der Waals surface area contributed by atoms with Gasteiger partial charge in [0.2, 0.25) is 0 Å². The first kappa shape index (κ1) is 16.0. The maximum atomic E-state index is 12.4. The molecule has 0 spiro atoms. The molecule has 1 fully saturated rings. The monoisotopic (exact) mass is 329 g/mol. The van der Waals surface area contributed by atoms with Gasteiger partial charge in [-0.2, -0.15) is 12.7 Å². The van der Waals surface area contributed by atoms with Gasteiger partial charge < -0.3 is 10.5 Å². The number of nitrogens with one attached hydrogen (secondary N) is 1. The summed E-state index contributed by atoms with van der Waals surface area (Å²) in [5.74, 6) is 0.390. The van der Waals surface area contributed by atoms with Crippen molar-refractivity contribution in [1.82, 2.24) is 4.31 Å². The van der Waals surface area contributed by atoms with Crippen molar-refractivity contribution in [3.63, 3.8) is 0 Å². The van der Waals surface area contributed by atoms with Gasteiger partial charge in [0.1, 0.15) is 10.7 Å². The third-order valence-electron chi connectivity index (χ3n) is 3.38. The topological polar surface area (TPSA) is 84.7 Å². The maximum Gasteiger partial charge on any atom is 0.301 e. The normalized spacial score (nSPS) is 16.4. The molecule has 3 N–H and O–H groups in total. The fourth-order valence-corrected chi connectivity index (χ4v) is 3.68. The van der Waals surface area contributed by atoms with Crippen LogP contribution in [0.25, 0.3) is 0 Å². The van der Waals surface area contributed by atoms with E-state index in [1.807, 2.05) is 0 Å². The molecule has 8 heteroatoms. The molecule has 1 aromatic carbocycles. The van der Waals surface area contributed by atoms with Crippen LogP contribution in [0.1, 0.15) is 24.8 Å². The number of ether oxygens (including phenoxy) is 1. The summed E-state index contributed by atoms with van der Waals surface area (Å²) in [6.45, 7) is 1.09. The predicted octanol–water partition coefficient (Wildman–Crippen LogP) is 1.47. The molecule has 21 heavy (non-hydrogen) atoms. The molecule has 0 bridgehead atoms. The van der Waals surface area contributed by atoms with Crippen molar-refractivity contribution in [2.24, 2.45) is 5.73 Å². The summed E-state index contributed by atoms with van der Waals surface area (Å²) in [6, 6.07) is 4.89. The molecule has 6 nitrogen and oxygen atoms in total. The zero-order valence-electron chi connectivity index (χ0n) is 11.8. The summed E-state index contributed by atoms with van der Waals surface area (Å²) >= 11 is 4.90. The lowest BCUT2D eigenvalue weighted by molar-refractivity contribution is 0.348. The van der Waals surface area contributed by atoms with E-state index in [1.165, 1.54) is 11.4 Å². The Morgan fingerprint density at radius 1 is 1.33 bits per heavy atom. The molecule has 0 amide bonds. The van der Waals surface area contributed by atoms with E-state index in [1.54, 1.807) is 18.2 Å². The van der Waals surface area contributed by atoms with Crippen LogP contribution in [-0.2, 0) is 10.2 Å². The largest absolute Gasteiger partial charge is 0.495 e. The molecule has 1 aliphatic rings. The van der Waals surface area contributed by atoms with E-state index in [-0.39, 0.29) is 4.99 Å². The molecule has 1 aromatic rings. The second-order valence-electron chi connectivity index (χ2n) is 4.85. The van der Waals surface area contributed by atoms with Crippen molar-refractivity contribution in [1.29, 1.82) is 0 Å². The van der Waals surface area contributed by atoms with E-state index in [0.717, 1.165) is 19.3 Å². The number of piperidine rings is 1. The number of rotatable bonds is 5. The molecule has 1 aliphatic heterocycles. The zero-order valence-corrected chi connectivity index (χ0v) is 13.5. The van der Waals surface area contributed by atoms with Crippen LogP contribution in [0.3, 0.4) is 0 Å². The lowest BCUT2D eigenvalue weighted by Crippen LogP contribution is -2.39. The van der Waals surface area contributed by atoms with Crippen LogP contribution < -0.4 is 15.2 Å². The average molecular weight is 329 g/mol. The lowest BCUT2D eigenvalue weighted by atomic mass is 10.2. The predicted molar refractivity (Wildman–Crippen MR) is 86.8 cm³/mol. The van der Waals surface area contributed by atoms with E-state index in [4.69, 9.17) is 22.7 Å². The van der Waals surface area contributed by atoms with Crippen molar-refractivity contribution in [2.75, 3.05) is 24.9 Å². The van der Waals surface area contributed by atoms with Crippen molar-refractivity contribution in [2.45, 2.75) is 19.3 Å². The fourth-order valence-electron chi connectivity index (χ4n) is 2.24. The Hall–Kier alpha value is -1.38. The zero-order chi connectivity index (χ0) is 15.5. The summed E-state index contributed by atoms with van der Waals surface area (Å²) in [5.41, 5.74) is 6.57. The Kier molecular flexibility index (Phi) is 5.02. The number of anilines is 1. The Bertz CT molecular complexity index is 626. The molecular formula is C13H19N3O3S2. The summed E-state index contributed by atoms with van der Waals surface area (Å²) in [7, 11) is -2.09. The molecular weight excluding hydrogens is 310 g/mol. The van der Waals surface area contributed by atoms with E-state index in [2.05, 4.69) is 4.72 Å². The molecule has 0 atom stereocenters. The molecule has 0 saturated carbocycles. The maximum absolute atomic E-state index is 12.4. The third-order valence-corrected chi connectivity index (χ3v) is 5.14. The average Bonchev–Trinajstić information content (AvgIpc) is 2.48.